The monoisotopic (exact) mass is 394 g/mol. The first-order valence-electron chi connectivity index (χ1n) is 7.52. The van der Waals surface area contributed by atoms with E-state index in [2.05, 4.69) is 10.3 Å². The van der Waals surface area contributed by atoms with Gasteiger partial charge in [0, 0.05) is 5.02 Å². The second kappa shape index (κ2) is 6.74. The Morgan fingerprint density at radius 2 is 1.96 bits per heavy atom. The van der Waals surface area contributed by atoms with E-state index in [9.17, 15) is 13.2 Å². The summed E-state index contributed by atoms with van der Waals surface area (Å²) in [5.41, 5.74) is 1.67. The summed E-state index contributed by atoms with van der Waals surface area (Å²) in [7, 11) is -3.50. The SMILES string of the molecule is CCS(=O)(=O)c1ccccc1C(=O)Nc1nc2c(C)c(Cl)ccc2s1. The van der Waals surface area contributed by atoms with Crippen molar-refractivity contribution in [1.82, 2.24) is 4.98 Å². The maximum absolute atomic E-state index is 12.6. The Balaban J connectivity index is 1.98. The quantitative estimate of drug-likeness (QED) is 0.715. The minimum Gasteiger partial charge on any atom is -0.298 e. The smallest absolute Gasteiger partial charge is 0.258 e. The van der Waals surface area contributed by atoms with Gasteiger partial charge in [-0.3, -0.25) is 10.1 Å². The number of carbonyl (C=O) groups is 1. The van der Waals surface area contributed by atoms with Gasteiger partial charge in [0.05, 0.1) is 26.4 Å². The molecule has 0 spiro atoms. The minimum atomic E-state index is -3.50. The number of nitrogens with zero attached hydrogens (tertiary/aromatic N) is 1. The van der Waals surface area contributed by atoms with Crippen molar-refractivity contribution in [2.45, 2.75) is 18.7 Å². The number of rotatable bonds is 4. The number of sulfone groups is 1. The molecule has 0 aliphatic rings. The molecule has 1 N–H and O–H groups in total. The van der Waals surface area contributed by atoms with E-state index in [1.165, 1.54) is 23.5 Å². The van der Waals surface area contributed by atoms with Crippen molar-refractivity contribution < 1.29 is 13.2 Å². The van der Waals surface area contributed by atoms with Gasteiger partial charge in [-0.25, -0.2) is 13.4 Å². The number of anilines is 1. The first kappa shape index (κ1) is 17.8. The normalized spacial score (nSPS) is 11.6. The molecular weight excluding hydrogens is 380 g/mol. The van der Waals surface area contributed by atoms with Crippen molar-refractivity contribution in [3.63, 3.8) is 0 Å². The molecule has 3 aromatic rings. The van der Waals surface area contributed by atoms with E-state index in [1.54, 1.807) is 25.1 Å². The number of nitrogens with one attached hydrogen (secondary N) is 1. The van der Waals surface area contributed by atoms with Gasteiger partial charge >= 0.3 is 0 Å². The molecule has 0 saturated carbocycles. The molecule has 0 bridgehead atoms. The van der Waals surface area contributed by atoms with Crippen LogP contribution in [0.2, 0.25) is 5.02 Å². The highest BCUT2D eigenvalue weighted by molar-refractivity contribution is 7.91. The Labute approximate surface area is 154 Å². The average molecular weight is 395 g/mol. The number of aryl methyl sites for hydroxylation is 1. The zero-order valence-electron chi connectivity index (χ0n) is 13.5. The second-order valence-corrected chi connectivity index (χ2v) is 9.08. The molecule has 0 radical (unpaired) electrons. The van der Waals surface area contributed by atoms with E-state index < -0.39 is 15.7 Å². The van der Waals surface area contributed by atoms with Gasteiger partial charge in [-0.2, -0.15) is 0 Å². The number of hydrogen-bond acceptors (Lipinski definition) is 5. The standard InChI is InChI=1S/C17H15ClN2O3S2/c1-3-25(22,23)14-7-5-4-6-11(14)16(21)20-17-19-15-10(2)12(18)8-9-13(15)24-17/h4-9H,3H2,1-2H3,(H,19,20,21). The Morgan fingerprint density at radius 3 is 2.68 bits per heavy atom. The Hall–Kier alpha value is -1.96. The van der Waals surface area contributed by atoms with Gasteiger partial charge in [0.25, 0.3) is 5.91 Å². The van der Waals surface area contributed by atoms with Gasteiger partial charge in [-0.05, 0) is 36.8 Å². The molecule has 1 aromatic heterocycles. The topological polar surface area (TPSA) is 76.1 Å². The zero-order valence-corrected chi connectivity index (χ0v) is 15.9. The molecule has 5 nitrogen and oxygen atoms in total. The summed E-state index contributed by atoms with van der Waals surface area (Å²) in [6.07, 6.45) is 0. The van der Waals surface area contributed by atoms with Gasteiger partial charge in [-0.1, -0.05) is 42.0 Å². The van der Waals surface area contributed by atoms with Crippen LogP contribution in [0.25, 0.3) is 10.2 Å². The fourth-order valence-corrected chi connectivity index (χ4v) is 4.57. The van der Waals surface area contributed by atoms with Crippen LogP contribution >= 0.6 is 22.9 Å². The fourth-order valence-electron chi connectivity index (χ4n) is 2.40. The number of aromatic nitrogens is 1. The summed E-state index contributed by atoms with van der Waals surface area (Å²) in [6.45, 7) is 3.41. The van der Waals surface area contributed by atoms with Crippen LogP contribution in [-0.2, 0) is 9.84 Å². The Kier molecular flexibility index (Phi) is 4.81. The lowest BCUT2D eigenvalue weighted by atomic mass is 10.2. The van der Waals surface area contributed by atoms with Crippen LogP contribution in [0.5, 0.6) is 0 Å². The summed E-state index contributed by atoms with van der Waals surface area (Å²) >= 11 is 7.41. The van der Waals surface area contributed by atoms with Crippen molar-refractivity contribution in [1.29, 1.82) is 0 Å². The number of hydrogen-bond donors (Lipinski definition) is 1. The maximum atomic E-state index is 12.6. The average Bonchev–Trinajstić information content (AvgIpc) is 3.01. The maximum Gasteiger partial charge on any atom is 0.258 e. The molecule has 1 heterocycles. The molecule has 0 unspecified atom stereocenters. The van der Waals surface area contributed by atoms with Gasteiger partial charge < -0.3 is 0 Å². The third-order valence-electron chi connectivity index (χ3n) is 3.82. The minimum absolute atomic E-state index is 0.0235. The van der Waals surface area contributed by atoms with E-state index in [1.807, 2.05) is 13.0 Å². The fraction of sp³-hybridized carbons (Fsp3) is 0.176. The van der Waals surface area contributed by atoms with Crippen molar-refractivity contribution >= 4 is 54.0 Å². The zero-order chi connectivity index (χ0) is 18.2. The molecule has 0 aliphatic heterocycles. The van der Waals surface area contributed by atoms with E-state index in [0.717, 1.165) is 15.8 Å². The lowest BCUT2D eigenvalue weighted by molar-refractivity contribution is 0.102. The number of amides is 1. The molecular formula is C17H15ClN2O3S2. The van der Waals surface area contributed by atoms with Gasteiger partial charge in [0.15, 0.2) is 15.0 Å². The summed E-state index contributed by atoms with van der Waals surface area (Å²) in [6, 6.07) is 9.79. The van der Waals surface area contributed by atoms with Crippen LogP contribution < -0.4 is 5.32 Å². The van der Waals surface area contributed by atoms with Crippen LogP contribution in [0.15, 0.2) is 41.3 Å². The summed E-state index contributed by atoms with van der Waals surface area (Å²) < 4.78 is 25.3. The lowest BCUT2D eigenvalue weighted by Gasteiger charge is -2.08. The second-order valence-electron chi connectivity index (χ2n) is 5.39. The van der Waals surface area contributed by atoms with Crippen molar-refractivity contribution in [2.24, 2.45) is 0 Å². The number of benzene rings is 2. The number of carbonyl (C=O) groups excluding carboxylic acids is 1. The summed E-state index contributed by atoms with van der Waals surface area (Å²) in [4.78, 5) is 17.0. The van der Waals surface area contributed by atoms with Crippen LogP contribution in [0, 0.1) is 6.92 Å². The van der Waals surface area contributed by atoms with Gasteiger partial charge in [-0.15, -0.1) is 0 Å². The van der Waals surface area contributed by atoms with E-state index >= 15 is 0 Å². The van der Waals surface area contributed by atoms with Gasteiger partial charge in [0.2, 0.25) is 0 Å². The molecule has 0 fully saturated rings. The van der Waals surface area contributed by atoms with E-state index in [4.69, 9.17) is 11.6 Å². The van der Waals surface area contributed by atoms with Crippen molar-refractivity contribution in [3.05, 3.63) is 52.5 Å². The van der Waals surface area contributed by atoms with E-state index in [-0.39, 0.29) is 16.2 Å². The largest absolute Gasteiger partial charge is 0.298 e. The predicted molar refractivity (Wildman–Crippen MR) is 101 cm³/mol. The molecule has 8 heteroatoms. The molecule has 130 valence electrons. The third-order valence-corrected chi connectivity index (χ3v) is 6.95. The highest BCUT2D eigenvalue weighted by atomic mass is 35.5. The van der Waals surface area contributed by atoms with Crippen LogP contribution in [0.3, 0.4) is 0 Å². The molecule has 3 rings (SSSR count). The Morgan fingerprint density at radius 1 is 1.24 bits per heavy atom. The summed E-state index contributed by atoms with van der Waals surface area (Å²) in [5, 5.41) is 3.70. The highest BCUT2D eigenvalue weighted by Crippen LogP contribution is 2.32. The van der Waals surface area contributed by atoms with Crippen molar-refractivity contribution in [3.8, 4) is 0 Å². The summed E-state index contributed by atoms with van der Waals surface area (Å²) in [5.74, 6) is -0.578. The molecule has 2 aromatic carbocycles. The molecule has 25 heavy (non-hydrogen) atoms. The number of fused-ring (bicyclic) bond motifs is 1. The predicted octanol–water partition coefficient (Wildman–Crippen LogP) is 4.30. The van der Waals surface area contributed by atoms with Crippen molar-refractivity contribution in [2.75, 3.05) is 11.1 Å². The van der Waals surface area contributed by atoms with Crippen LogP contribution in [0.4, 0.5) is 5.13 Å². The third kappa shape index (κ3) is 3.40. The molecule has 1 amide bonds. The van der Waals surface area contributed by atoms with Crippen LogP contribution in [-0.4, -0.2) is 25.1 Å². The number of thiazole rings is 1. The first-order chi connectivity index (χ1) is 11.8. The molecule has 0 aliphatic carbocycles. The first-order valence-corrected chi connectivity index (χ1v) is 10.4. The van der Waals surface area contributed by atoms with Gasteiger partial charge in [0.1, 0.15) is 0 Å². The highest BCUT2D eigenvalue weighted by Gasteiger charge is 2.21. The number of halogens is 1. The molecule has 0 saturated heterocycles. The molecule has 0 atom stereocenters. The lowest BCUT2D eigenvalue weighted by Crippen LogP contribution is -2.17. The Bertz CT molecular complexity index is 1070. The van der Waals surface area contributed by atoms with Crippen LogP contribution in [0.1, 0.15) is 22.8 Å². The van der Waals surface area contributed by atoms with E-state index in [0.29, 0.717) is 10.2 Å².